The van der Waals surface area contributed by atoms with Crippen molar-refractivity contribution < 1.29 is 9.84 Å². The van der Waals surface area contributed by atoms with Gasteiger partial charge in [0.15, 0.2) is 5.96 Å². The average molecular weight is 161 g/mol. The van der Waals surface area contributed by atoms with Crippen LogP contribution in [0.5, 0.6) is 0 Å². The fourth-order valence-electron chi connectivity index (χ4n) is 0.501. The van der Waals surface area contributed by atoms with Gasteiger partial charge in [-0.25, -0.2) is 4.99 Å². The maximum atomic E-state index is 8.39. The zero-order chi connectivity index (χ0) is 8.53. The Bertz CT molecular complexity index is 112. The monoisotopic (exact) mass is 161 g/mol. The minimum absolute atomic E-state index is 0.0344. The van der Waals surface area contributed by atoms with Crippen molar-refractivity contribution in [1.29, 1.82) is 0 Å². The van der Waals surface area contributed by atoms with E-state index in [1.165, 1.54) is 0 Å². The van der Waals surface area contributed by atoms with Crippen molar-refractivity contribution in [2.24, 2.45) is 16.5 Å². The number of aliphatic hydroxyl groups excluding tert-OH is 1. The summed E-state index contributed by atoms with van der Waals surface area (Å²) in [4.78, 5) is 3.61. The summed E-state index contributed by atoms with van der Waals surface area (Å²) in [5, 5.41) is 8.39. The lowest BCUT2D eigenvalue weighted by molar-refractivity contribution is 0.132. The van der Waals surface area contributed by atoms with Gasteiger partial charge in [0.2, 0.25) is 0 Å². The van der Waals surface area contributed by atoms with E-state index >= 15 is 0 Å². The second-order valence-corrected chi connectivity index (χ2v) is 2.05. The number of rotatable bonds is 6. The van der Waals surface area contributed by atoms with Crippen LogP contribution in [-0.4, -0.2) is 31.0 Å². The number of aliphatic hydroxyl groups is 1. The molecule has 0 aromatic rings. The SMILES string of the molecule is NC(N)=NCOCCCCO. The number of hydrogen-bond donors (Lipinski definition) is 3. The number of nitrogens with zero attached hydrogens (tertiary/aromatic N) is 1. The summed E-state index contributed by atoms with van der Waals surface area (Å²) >= 11 is 0. The maximum Gasteiger partial charge on any atom is 0.188 e. The van der Waals surface area contributed by atoms with Gasteiger partial charge in [-0.05, 0) is 12.8 Å². The van der Waals surface area contributed by atoms with E-state index in [1.807, 2.05) is 0 Å². The Morgan fingerprint density at radius 3 is 2.64 bits per heavy atom. The highest BCUT2D eigenvalue weighted by atomic mass is 16.5. The van der Waals surface area contributed by atoms with E-state index in [9.17, 15) is 0 Å². The van der Waals surface area contributed by atoms with Crippen molar-refractivity contribution in [2.45, 2.75) is 12.8 Å². The van der Waals surface area contributed by atoms with Gasteiger partial charge < -0.3 is 21.3 Å². The Labute approximate surface area is 66.0 Å². The molecule has 0 aliphatic rings. The van der Waals surface area contributed by atoms with Gasteiger partial charge in [-0.3, -0.25) is 0 Å². The van der Waals surface area contributed by atoms with Crippen molar-refractivity contribution >= 4 is 5.96 Å². The summed E-state index contributed by atoms with van der Waals surface area (Å²) in [6, 6.07) is 0. The van der Waals surface area contributed by atoms with E-state index in [4.69, 9.17) is 21.3 Å². The zero-order valence-corrected chi connectivity index (χ0v) is 6.49. The molecule has 0 unspecified atom stereocenters. The molecule has 0 amide bonds. The third kappa shape index (κ3) is 9.19. The normalized spacial score (nSPS) is 9.55. The van der Waals surface area contributed by atoms with Crippen molar-refractivity contribution in [3.8, 4) is 0 Å². The third-order valence-corrected chi connectivity index (χ3v) is 1.04. The van der Waals surface area contributed by atoms with Gasteiger partial charge in [-0.1, -0.05) is 0 Å². The molecule has 0 aliphatic heterocycles. The summed E-state index contributed by atoms with van der Waals surface area (Å²) in [5.41, 5.74) is 10.1. The molecule has 0 radical (unpaired) electrons. The van der Waals surface area contributed by atoms with E-state index in [0.717, 1.165) is 12.8 Å². The van der Waals surface area contributed by atoms with Crippen LogP contribution in [0, 0.1) is 0 Å². The van der Waals surface area contributed by atoms with Crippen LogP contribution in [0.1, 0.15) is 12.8 Å². The molecule has 0 aliphatic carbocycles. The molecule has 0 bridgehead atoms. The second kappa shape index (κ2) is 7.30. The van der Waals surface area contributed by atoms with Gasteiger partial charge in [-0.2, -0.15) is 0 Å². The van der Waals surface area contributed by atoms with Gasteiger partial charge in [0.25, 0.3) is 0 Å². The molecule has 0 atom stereocenters. The Morgan fingerprint density at radius 2 is 2.09 bits per heavy atom. The number of nitrogens with two attached hydrogens (primary N) is 2. The fraction of sp³-hybridized carbons (Fsp3) is 0.833. The molecule has 0 spiro atoms. The molecule has 5 nitrogen and oxygen atoms in total. The molecule has 0 saturated carbocycles. The molecule has 0 aromatic heterocycles. The fourth-order valence-corrected chi connectivity index (χ4v) is 0.501. The lowest BCUT2D eigenvalue weighted by Crippen LogP contribution is -2.23. The minimum atomic E-state index is 0.0344. The smallest absolute Gasteiger partial charge is 0.188 e. The molecule has 5 N–H and O–H groups in total. The van der Waals surface area contributed by atoms with E-state index < -0.39 is 0 Å². The van der Waals surface area contributed by atoms with Crippen LogP contribution in [0.2, 0.25) is 0 Å². The van der Waals surface area contributed by atoms with E-state index in [-0.39, 0.29) is 19.3 Å². The van der Waals surface area contributed by atoms with Crippen LogP contribution in [0.15, 0.2) is 4.99 Å². The summed E-state index contributed by atoms with van der Waals surface area (Å²) in [5.74, 6) is 0.0344. The molecular weight excluding hydrogens is 146 g/mol. The Morgan fingerprint density at radius 1 is 1.36 bits per heavy atom. The van der Waals surface area contributed by atoms with Gasteiger partial charge in [-0.15, -0.1) is 0 Å². The van der Waals surface area contributed by atoms with Gasteiger partial charge in [0.05, 0.1) is 0 Å². The third-order valence-electron chi connectivity index (χ3n) is 1.04. The van der Waals surface area contributed by atoms with Crippen LogP contribution < -0.4 is 11.5 Å². The van der Waals surface area contributed by atoms with Crippen LogP contribution in [0.25, 0.3) is 0 Å². The molecule has 0 rings (SSSR count). The highest BCUT2D eigenvalue weighted by molar-refractivity contribution is 5.75. The Kier molecular flexibility index (Phi) is 6.76. The standard InChI is InChI=1S/C6H15N3O2/c7-6(8)9-5-11-4-2-1-3-10/h10H,1-5H2,(H4,7,8,9). The van der Waals surface area contributed by atoms with Gasteiger partial charge in [0.1, 0.15) is 6.73 Å². The first kappa shape index (κ1) is 10.2. The van der Waals surface area contributed by atoms with E-state index in [0.29, 0.717) is 6.61 Å². The minimum Gasteiger partial charge on any atom is -0.396 e. The number of aliphatic imine (C=N–C) groups is 1. The number of hydrogen-bond acceptors (Lipinski definition) is 3. The molecule has 0 fully saturated rings. The largest absolute Gasteiger partial charge is 0.396 e. The van der Waals surface area contributed by atoms with Crippen LogP contribution in [0.3, 0.4) is 0 Å². The molecular formula is C6H15N3O2. The predicted molar refractivity (Wildman–Crippen MR) is 42.9 cm³/mol. The average Bonchev–Trinajstić information content (AvgIpc) is 1.96. The summed E-state index contributed by atoms with van der Waals surface area (Å²) < 4.78 is 4.99. The topological polar surface area (TPSA) is 93.9 Å². The van der Waals surface area contributed by atoms with Crippen molar-refractivity contribution in [2.75, 3.05) is 19.9 Å². The molecule has 0 aromatic carbocycles. The first-order valence-corrected chi connectivity index (χ1v) is 3.51. The predicted octanol–water partition coefficient (Wildman–Crippen LogP) is -0.994. The van der Waals surface area contributed by atoms with Gasteiger partial charge >= 0.3 is 0 Å². The lowest BCUT2D eigenvalue weighted by atomic mass is 10.3. The summed E-state index contributed by atoms with van der Waals surface area (Å²) in [6.07, 6.45) is 1.58. The second-order valence-electron chi connectivity index (χ2n) is 2.05. The zero-order valence-electron chi connectivity index (χ0n) is 6.49. The van der Waals surface area contributed by atoms with Crippen molar-refractivity contribution in [3.05, 3.63) is 0 Å². The first-order valence-electron chi connectivity index (χ1n) is 3.51. The van der Waals surface area contributed by atoms with Crippen LogP contribution in [0.4, 0.5) is 0 Å². The Hall–Kier alpha value is -0.810. The van der Waals surface area contributed by atoms with E-state index in [2.05, 4.69) is 4.99 Å². The molecule has 5 heteroatoms. The highest BCUT2D eigenvalue weighted by Crippen LogP contribution is 1.87. The van der Waals surface area contributed by atoms with E-state index in [1.54, 1.807) is 0 Å². The van der Waals surface area contributed by atoms with Crippen molar-refractivity contribution in [3.63, 3.8) is 0 Å². The maximum absolute atomic E-state index is 8.39. The molecule has 0 heterocycles. The molecule has 66 valence electrons. The lowest BCUT2D eigenvalue weighted by Gasteiger charge is -1.98. The van der Waals surface area contributed by atoms with Gasteiger partial charge in [0, 0.05) is 13.2 Å². The molecule has 0 saturated heterocycles. The highest BCUT2D eigenvalue weighted by Gasteiger charge is 1.86. The van der Waals surface area contributed by atoms with Crippen molar-refractivity contribution in [1.82, 2.24) is 0 Å². The number of guanidine groups is 1. The number of unbranched alkanes of at least 4 members (excludes halogenated alkanes) is 1. The molecule has 11 heavy (non-hydrogen) atoms. The summed E-state index contributed by atoms with van der Waals surface area (Å²) in [7, 11) is 0. The Balaban J connectivity index is 2.97. The summed E-state index contributed by atoms with van der Waals surface area (Å²) in [6.45, 7) is 0.983. The first-order chi connectivity index (χ1) is 5.27. The van der Waals surface area contributed by atoms with Crippen LogP contribution in [-0.2, 0) is 4.74 Å². The van der Waals surface area contributed by atoms with Crippen LogP contribution >= 0.6 is 0 Å². The number of ether oxygens (including phenoxy) is 1. The quantitative estimate of drug-likeness (QED) is 0.265.